The van der Waals surface area contributed by atoms with Crippen LogP contribution < -0.4 is 4.18 Å². The molecule has 3 aromatic rings. The first-order chi connectivity index (χ1) is 12.0. The van der Waals surface area contributed by atoms with Crippen molar-refractivity contribution in [3.8, 4) is 5.75 Å². The Morgan fingerprint density at radius 2 is 1.60 bits per heavy atom. The molecule has 0 saturated carbocycles. The van der Waals surface area contributed by atoms with Crippen molar-refractivity contribution in [3.63, 3.8) is 0 Å². The highest BCUT2D eigenvalue weighted by Crippen LogP contribution is 2.24. The van der Waals surface area contributed by atoms with Crippen molar-refractivity contribution < 1.29 is 22.1 Å². The number of benzene rings is 3. The minimum Gasteiger partial charge on any atom is -0.462 e. The summed E-state index contributed by atoms with van der Waals surface area (Å²) in [6.07, 6.45) is 0. The van der Waals surface area contributed by atoms with Crippen molar-refractivity contribution in [3.05, 3.63) is 72.3 Å². The minimum absolute atomic E-state index is 0.0336. The number of hydrogen-bond donors (Lipinski definition) is 0. The van der Waals surface area contributed by atoms with E-state index in [2.05, 4.69) is 0 Å². The Labute approximate surface area is 145 Å². The summed E-state index contributed by atoms with van der Waals surface area (Å²) in [5.41, 5.74) is 0.284. The van der Waals surface area contributed by atoms with Crippen LogP contribution in [0.5, 0.6) is 5.75 Å². The minimum atomic E-state index is -3.99. The summed E-state index contributed by atoms with van der Waals surface area (Å²) in [5.74, 6) is -0.268. The maximum absolute atomic E-state index is 12.4. The summed E-state index contributed by atoms with van der Waals surface area (Å²) in [6, 6.07) is 18.1. The third-order valence-corrected chi connectivity index (χ3v) is 4.84. The Balaban J connectivity index is 1.84. The highest BCUT2D eigenvalue weighted by Gasteiger charge is 2.18. The fourth-order valence-electron chi connectivity index (χ4n) is 2.37. The molecule has 5 nitrogen and oxygen atoms in total. The molecular weight excluding hydrogens is 340 g/mol. The van der Waals surface area contributed by atoms with E-state index in [4.69, 9.17) is 8.92 Å². The predicted molar refractivity (Wildman–Crippen MR) is 94.2 cm³/mol. The van der Waals surface area contributed by atoms with Gasteiger partial charge in [0.1, 0.15) is 10.6 Å². The first-order valence-corrected chi connectivity index (χ1v) is 9.11. The van der Waals surface area contributed by atoms with Crippen molar-refractivity contribution in [1.82, 2.24) is 0 Å². The molecule has 0 spiro atoms. The second-order valence-corrected chi connectivity index (χ2v) is 6.84. The topological polar surface area (TPSA) is 69.7 Å². The van der Waals surface area contributed by atoms with Crippen molar-refractivity contribution in [2.75, 3.05) is 6.61 Å². The molecule has 0 radical (unpaired) electrons. The van der Waals surface area contributed by atoms with E-state index in [1.54, 1.807) is 25.1 Å². The Kier molecular flexibility index (Phi) is 4.72. The summed E-state index contributed by atoms with van der Waals surface area (Å²) in [7, 11) is -3.99. The zero-order valence-electron chi connectivity index (χ0n) is 13.5. The van der Waals surface area contributed by atoms with Crippen LogP contribution in [0, 0.1) is 0 Å². The lowest BCUT2D eigenvalue weighted by molar-refractivity contribution is 0.0526. The monoisotopic (exact) mass is 356 g/mol. The summed E-state index contributed by atoms with van der Waals surface area (Å²) in [6.45, 7) is 1.96. The molecule has 0 saturated heterocycles. The number of esters is 1. The number of ether oxygens (including phenoxy) is 1. The largest absolute Gasteiger partial charge is 0.462 e. The van der Waals surface area contributed by atoms with Gasteiger partial charge in [-0.3, -0.25) is 0 Å². The van der Waals surface area contributed by atoms with Gasteiger partial charge in [-0.15, -0.1) is 0 Å². The molecule has 0 heterocycles. The van der Waals surface area contributed by atoms with Gasteiger partial charge in [0.2, 0.25) is 0 Å². The molecule has 0 amide bonds. The molecule has 128 valence electrons. The zero-order valence-corrected chi connectivity index (χ0v) is 14.3. The number of carbonyl (C=O) groups excluding carboxylic acids is 1. The van der Waals surface area contributed by atoms with Crippen LogP contribution in [-0.4, -0.2) is 21.0 Å². The third-order valence-electron chi connectivity index (χ3n) is 3.58. The van der Waals surface area contributed by atoms with E-state index in [0.717, 1.165) is 10.8 Å². The molecule has 0 aliphatic heterocycles. The quantitative estimate of drug-likeness (QED) is 0.514. The average molecular weight is 356 g/mol. The maximum atomic E-state index is 12.4. The van der Waals surface area contributed by atoms with Gasteiger partial charge in [-0.1, -0.05) is 30.3 Å². The number of rotatable bonds is 5. The lowest BCUT2D eigenvalue weighted by Crippen LogP contribution is -2.10. The molecule has 3 rings (SSSR count). The highest BCUT2D eigenvalue weighted by molar-refractivity contribution is 7.87. The Morgan fingerprint density at radius 1 is 0.920 bits per heavy atom. The normalized spacial score (nSPS) is 11.2. The van der Waals surface area contributed by atoms with E-state index in [-0.39, 0.29) is 22.8 Å². The van der Waals surface area contributed by atoms with Crippen LogP contribution in [0.2, 0.25) is 0 Å². The van der Waals surface area contributed by atoms with Gasteiger partial charge in [0.05, 0.1) is 12.2 Å². The van der Waals surface area contributed by atoms with E-state index < -0.39 is 16.1 Å². The van der Waals surface area contributed by atoms with Gasteiger partial charge in [-0.2, -0.15) is 8.42 Å². The Bertz CT molecular complexity index is 1010. The van der Waals surface area contributed by atoms with Gasteiger partial charge in [0.25, 0.3) is 0 Å². The second-order valence-electron chi connectivity index (χ2n) is 5.29. The first-order valence-electron chi connectivity index (χ1n) is 7.70. The van der Waals surface area contributed by atoms with Crippen molar-refractivity contribution in [2.24, 2.45) is 0 Å². The van der Waals surface area contributed by atoms with Gasteiger partial charge in [0, 0.05) is 0 Å². The fourth-order valence-corrected chi connectivity index (χ4v) is 3.29. The van der Waals surface area contributed by atoms with E-state index >= 15 is 0 Å². The van der Waals surface area contributed by atoms with Crippen LogP contribution >= 0.6 is 0 Å². The first kappa shape index (κ1) is 17.0. The van der Waals surface area contributed by atoms with Crippen LogP contribution in [0.4, 0.5) is 0 Å². The van der Waals surface area contributed by atoms with Gasteiger partial charge in [0.15, 0.2) is 0 Å². The second kappa shape index (κ2) is 6.94. The number of carbonyl (C=O) groups is 1. The smallest absolute Gasteiger partial charge is 0.339 e. The zero-order chi connectivity index (χ0) is 17.9. The van der Waals surface area contributed by atoms with Gasteiger partial charge >= 0.3 is 16.1 Å². The standard InChI is InChI=1S/C19H16O5S/c1-2-23-19(20)15-8-11-18(12-9-15)25(21,22)24-17-10-7-14-5-3-4-6-16(14)13-17/h3-13H,2H2,1H3. The molecule has 0 fully saturated rings. The van der Waals surface area contributed by atoms with Crippen molar-refractivity contribution in [1.29, 1.82) is 0 Å². The summed E-state index contributed by atoms with van der Waals surface area (Å²) >= 11 is 0. The molecule has 3 aromatic carbocycles. The molecule has 0 aromatic heterocycles. The Hall–Kier alpha value is -2.86. The Morgan fingerprint density at radius 3 is 2.28 bits per heavy atom. The molecule has 6 heteroatoms. The fraction of sp³-hybridized carbons (Fsp3) is 0.105. The number of fused-ring (bicyclic) bond motifs is 1. The van der Waals surface area contributed by atoms with E-state index in [9.17, 15) is 13.2 Å². The summed E-state index contributed by atoms with van der Waals surface area (Å²) < 4.78 is 34.9. The molecule has 0 unspecified atom stereocenters. The van der Waals surface area contributed by atoms with Crippen LogP contribution in [0.3, 0.4) is 0 Å². The van der Waals surface area contributed by atoms with Gasteiger partial charge < -0.3 is 8.92 Å². The molecule has 0 atom stereocenters. The van der Waals surface area contributed by atoms with Crippen molar-refractivity contribution in [2.45, 2.75) is 11.8 Å². The SMILES string of the molecule is CCOC(=O)c1ccc(S(=O)(=O)Oc2ccc3ccccc3c2)cc1. The molecule has 0 aliphatic rings. The van der Waals surface area contributed by atoms with Crippen LogP contribution in [0.1, 0.15) is 17.3 Å². The van der Waals surface area contributed by atoms with Crippen LogP contribution in [0.15, 0.2) is 71.6 Å². The summed E-state index contributed by atoms with van der Waals surface area (Å²) in [5, 5.41) is 1.87. The maximum Gasteiger partial charge on any atom is 0.339 e. The van der Waals surface area contributed by atoms with Crippen molar-refractivity contribution >= 4 is 26.9 Å². The van der Waals surface area contributed by atoms with Gasteiger partial charge in [-0.25, -0.2) is 4.79 Å². The third kappa shape index (κ3) is 3.80. The average Bonchev–Trinajstić information content (AvgIpc) is 2.61. The molecule has 25 heavy (non-hydrogen) atoms. The molecule has 0 bridgehead atoms. The summed E-state index contributed by atoms with van der Waals surface area (Å²) in [4.78, 5) is 11.6. The van der Waals surface area contributed by atoms with E-state index in [0.29, 0.717) is 0 Å². The van der Waals surface area contributed by atoms with Gasteiger partial charge in [-0.05, 0) is 54.1 Å². The van der Waals surface area contributed by atoms with Crippen LogP contribution in [0.25, 0.3) is 10.8 Å². The lowest BCUT2D eigenvalue weighted by atomic mass is 10.1. The molecule has 0 aliphatic carbocycles. The van der Waals surface area contributed by atoms with E-state index in [1.165, 1.54) is 24.3 Å². The molecule has 0 N–H and O–H groups in total. The highest BCUT2D eigenvalue weighted by atomic mass is 32.2. The van der Waals surface area contributed by atoms with Crippen LogP contribution in [-0.2, 0) is 14.9 Å². The van der Waals surface area contributed by atoms with E-state index in [1.807, 2.05) is 24.3 Å². The lowest BCUT2D eigenvalue weighted by Gasteiger charge is -2.08. The predicted octanol–water partition coefficient (Wildman–Crippen LogP) is 3.78. The number of hydrogen-bond acceptors (Lipinski definition) is 5. The molecular formula is C19H16O5S.